The molecule has 0 unspecified atom stereocenters. The quantitative estimate of drug-likeness (QED) is 0.370. The maximum atomic E-state index is 12.6. The van der Waals surface area contributed by atoms with E-state index >= 15 is 0 Å². The lowest BCUT2D eigenvalue weighted by Crippen LogP contribution is -2.30. The summed E-state index contributed by atoms with van der Waals surface area (Å²) in [4.78, 5) is 35.1. The minimum absolute atomic E-state index is 0.0843. The van der Waals surface area contributed by atoms with E-state index in [-0.39, 0.29) is 5.56 Å². The second-order valence-electron chi connectivity index (χ2n) is 6.55. The molecule has 30 heavy (non-hydrogen) atoms. The van der Waals surface area contributed by atoms with Crippen LogP contribution >= 0.6 is 0 Å². The molecule has 2 aromatic carbocycles. The highest BCUT2D eigenvalue weighted by Gasteiger charge is 2.14. The molecule has 0 aliphatic heterocycles. The van der Waals surface area contributed by atoms with E-state index in [9.17, 15) is 24.8 Å². The van der Waals surface area contributed by atoms with Crippen LogP contribution in [0.15, 0.2) is 70.7 Å². The van der Waals surface area contributed by atoms with E-state index in [1.807, 2.05) is 31.2 Å². The van der Waals surface area contributed by atoms with Gasteiger partial charge >= 0.3 is 5.69 Å². The number of hydrazone groups is 1. The molecule has 9 heteroatoms. The van der Waals surface area contributed by atoms with Crippen molar-refractivity contribution in [1.29, 1.82) is 0 Å². The Bertz CT molecular complexity index is 1200. The maximum absolute atomic E-state index is 12.6. The van der Waals surface area contributed by atoms with Crippen molar-refractivity contribution in [2.75, 3.05) is 0 Å². The molecule has 9 nitrogen and oxygen atoms in total. The zero-order valence-corrected chi connectivity index (χ0v) is 16.0. The van der Waals surface area contributed by atoms with Crippen LogP contribution < -0.4 is 11.0 Å². The van der Waals surface area contributed by atoms with E-state index in [1.165, 1.54) is 22.9 Å². The third-order valence-electron chi connectivity index (χ3n) is 4.28. The van der Waals surface area contributed by atoms with Crippen LogP contribution in [-0.4, -0.2) is 26.7 Å². The van der Waals surface area contributed by atoms with Gasteiger partial charge in [0.15, 0.2) is 5.75 Å². The third-order valence-corrected chi connectivity index (χ3v) is 4.28. The molecule has 0 saturated heterocycles. The number of nitro benzene ring substituents is 1. The fourth-order valence-corrected chi connectivity index (χ4v) is 2.83. The van der Waals surface area contributed by atoms with Gasteiger partial charge in [-0.1, -0.05) is 29.8 Å². The lowest BCUT2D eigenvalue weighted by atomic mass is 10.1. The van der Waals surface area contributed by atoms with Crippen LogP contribution in [0.2, 0.25) is 0 Å². The van der Waals surface area contributed by atoms with Crippen molar-refractivity contribution >= 4 is 17.8 Å². The first kappa shape index (κ1) is 20.5. The highest BCUT2D eigenvalue weighted by Crippen LogP contribution is 2.25. The monoisotopic (exact) mass is 406 g/mol. The SMILES string of the molecule is Cc1cccc(Cn2cccc(C(=O)N/N=C\c3ccc(O)c([N+](=O)[O-])c3)c2=O)c1. The number of aromatic hydroxyl groups is 1. The van der Waals surface area contributed by atoms with Gasteiger partial charge in [0.1, 0.15) is 5.56 Å². The molecule has 0 radical (unpaired) electrons. The molecular weight excluding hydrogens is 388 g/mol. The lowest BCUT2D eigenvalue weighted by molar-refractivity contribution is -0.385. The molecule has 0 saturated carbocycles. The number of carbonyl (C=O) groups is 1. The van der Waals surface area contributed by atoms with Gasteiger partial charge in [-0.05, 0) is 36.8 Å². The summed E-state index contributed by atoms with van der Waals surface area (Å²) in [6, 6.07) is 14.4. The van der Waals surface area contributed by atoms with Crippen molar-refractivity contribution in [1.82, 2.24) is 9.99 Å². The van der Waals surface area contributed by atoms with E-state index in [0.29, 0.717) is 12.1 Å². The molecular formula is C21H18N4O5. The van der Waals surface area contributed by atoms with Crippen molar-refractivity contribution in [2.24, 2.45) is 5.10 Å². The fraction of sp³-hybridized carbons (Fsp3) is 0.0952. The summed E-state index contributed by atoms with van der Waals surface area (Å²) in [5.74, 6) is -1.18. The number of benzene rings is 2. The minimum Gasteiger partial charge on any atom is -0.502 e. The average molecular weight is 406 g/mol. The van der Waals surface area contributed by atoms with Gasteiger partial charge in [-0.2, -0.15) is 5.10 Å². The van der Waals surface area contributed by atoms with Crippen molar-refractivity contribution in [3.8, 4) is 5.75 Å². The molecule has 0 bridgehead atoms. The number of nitro groups is 1. The Morgan fingerprint density at radius 1 is 1.23 bits per heavy atom. The molecule has 3 aromatic rings. The molecule has 2 N–H and O–H groups in total. The maximum Gasteiger partial charge on any atom is 0.311 e. The Kier molecular flexibility index (Phi) is 6.02. The van der Waals surface area contributed by atoms with Gasteiger partial charge < -0.3 is 9.67 Å². The Morgan fingerprint density at radius 2 is 2.03 bits per heavy atom. The Morgan fingerprint density at radius 3 is 2.77 bits per heavy atom. The molecule has 0 fully saturated rings. The first-order valence-electron chi connectivity index (χ1n) is 8.91. The molecule has 1 heterocycles. The Hall–Kier alpha value is -4.27. The van der Waals surface area contributed by atoms with E-state index in [0.717, 1.165) is 23.3 Å². The number of nitrogens with one attached hydrogen (secondary N) is 1. The second kappa shape index (κ2) is 8.82. The fourth-order valence-electron chi connectivity index (χ4n) is 2.83. The van der Waals surface area contributed by atoms with E-state index in [1.54, 1.807) is 12.3 Å². The standard InChI is InChI=1S/C21H18N4O5/c1-14-4-2-5-16(10-14)13-24-9-3-6-17(21(24)28)20(27)23-22-12-15-7-8-19(26)18(11-15)25(29)30/h2-12,26H,13H2,1H3,(H,23,27)/b22-12-. The van der Waals surface area contributed by atoms with Crippen LogP contribution in [0.4, 0.5) is 5.69 Å². The molecule has 0 aliphatic rings. The first-order valence-corrected chi connectivity index (χ1v) is 8.91. The molecule has 3 rings (SSSR count). The number of amides is 1. The van der Waals surface area contributed by atoms with Gasteiger partial charge in [0.2, 0.25) is 0 Å². The number of carbonyl (C=O) groups excluding carboxylic acids is 1. The number of aryl methyl sites for hydroxylation is 1. The van der Waals surface area contributed by atoms with Gasteiger partial charge in [-0.3, -0.25) is 19.7 Å². The number of phenolic OH excluding ortho intramolecular Hbond substituents is 1. The lowest BCUT2D eigenvalue weighted by Gasteiger charge is -2.08. The van der Waals surface area contributed by atoms with E-state index < -0.39 is 27.8 Å². The molecule has 0 aliphatic carbocycles. The topological polar surface area (TPSA) is 127 Å². The van der Waals surface area contributed by atoms with Crippen LogP contribution in [0, 0.1) is 17.0 Å². The summed E-state index contributed by atoms with van der Waals surface area (Å²) in [6.45, 7) is 2.28. The number of hydrogen-bond acceptors (Lipinski definition) is 6. The predicted octanol–water partition coefficient (Wildman–Crippen LogP) is 2.58. The number of pyridine rings is 1. The number of nitrogens with zero attached hydrogens (tertiary/aromatic N) is 3. The zero-order valence-electron chi connectivity index (χ0n) is 16.0. The third kappa shape index (κ3) is 4.76. The van der Waals surface area contributed by atoms with Crippen LogP contribution in [0.5, 0.6) is 5.75 Å². The molecule has 1 aromatic heterocycles. The van der Waals surface area contributed by atoms with Gasteiger partial charge in [0.05, 0.1) is 17.7 Å². The predicted molar refractivity (Wildman–Crippen MR) is 111 cm³/mol. The smallest absolute Gasteiger partial charge is 0.311 e. The number of aromatic nitrogens is 1. The number of phenols is 1. The summed E-state index contributed by atoms with van der Waals surface area (Å²) in [5.41, 5.74) is 3.50. The molecule has 152 valence electrons. The van der Waals surface area contributed by atoms with Crippen molar-refractivity contribution in [3.63, 3.8) is 0 Å². The zero-order chi connectivity index (χ0) is 21.7. The first-order chi connectivity index (χ1) is 14.3. The van der Waals surface area contributed by atoms with Gasteiger partial charge in [-0.25, -0.2) is 5.43 Å². The highest BCUT2D eigenvalue weighted by atomic mass is 16.6. The summed E-state index contributed by atoms with van der Waals surface area (Å²) in [5, 5.41) is 24.0. The van der Waals surface area contributed by atoms with Crippen molar-refractivity contribution in [3.05, 3.63) is 104 Å². The highest BCUT2D eigenvalue weighted by molar-refractivity contribution is 5.94. The summed E-state index contributed by atoms with van der Waals surface area (Å²) < 4.78 is 1.43. The Labute approximate surface area is 171 Å². The number of rotatable bonds is 6. The van der Waals surface area contributed by atoms with Crippen LogP contribution in [-0.2, 0) is 6.54 Å². The van der Waals surface area contributed by atoms with Gasteiger partial charge in [0, 0.05) is 17.8 Å². The molecule has 0 atom stereocenters. The van der Waals surface area contributed by atoms with Crippen molar-refractivity contribution in [2.45, 2.75) is 13.5 Å². The second-order valence-corrected chi connectivity index (χ2v) is 6.55. The molecule has 1 amide bonds. The summed E-state index contributed by atoms with van der Waals surface area (Å²) >= 11 is 0. The largest absolute Gasteiger partial charge is 0.502 e. The Balaban J connectivity index is 1.74. The van der Waals surface area contributed by atoms with Crippen molar-refractivity contribution < 1.29 is 14.8 Å². The normalized spacial score (nSPS) is 10.8. The van der Waals surface area contributed by atoms with Crippen LogP contribution in [0.25, 0.3) is 0 Å². The van der Waals surface area contributed by atoms with Crippen LogP contribution in [0.1, 0.15) is 27.0 Å². The van der Waals surface area contributed by atoms with E-state index in [4.69, 9.17) is 0 Å². The summed E-state index contributed by atoms with van der Waals surface area (Å²) in [6.07, 6.45) is 2.78. The number of hydrogen-bond donors (Lipinski definition) is 2. The van der Waals surface area contributed by atoms with Crippen LogP contribution in [0.3, 0.4) is 0 Å². The summed E-state index contributed by atoms with van der Waals surface area (Å²) in [7, 11) is 0. The van der Waals surface area contributed by atoms with Gasteiger partial charge in [-0.15, -0.1) is 0 Å². The average Bonchev–Trinajstić information content (AvgIpc) is 2.70. The minimum atomic E-state index is -0.730. The molecule has 0 spiro atoms. The van der Waals surface area contributed by atoms with E-state index in [2.05, 4.69) is 10.5 Å². The van der Waals surface area contributed by atoms with Gasteiger partial charge in [0.25, 0.3) is 11.5 Å².